The standard InChI is InChI=1S/C23H29FN2O3S/c1-15(2)23(28)26(16(3)4)13-22(27)25-10-8-21-19(9-11-30-21)20(25)14-29-18-7-5-6-17(24)12-18/h5-7,9,11-12,15-16,20H,8,10,13-14H2,1-4H3. The molecular formula is C23H29FN2O3S. The van der Waals surface area contributed by atoms with E-state index in [4.69, 9.17) is 4.74 Å². The van der Waals surface area contributed by atoms with Crippen molar-refractivity contribution in [3.63, 3.8) is 0 Å². The molecule has 7 heteroatoms. The first-order valence-electron chi connectivity index (χ1n) is 10.3. The van der Waals surface area contributed by atoms with Gasteiger partial charge in [-0.25, -0.2) is 4.39 Å². The number of amides is 2. The van der Waals surface area contributed by atoms with Gasteiger partial charge < -0.3 is 14.5 Å². The van der Waals surface area contributed by atoms with E-state index in [0.717, 1.165) is 12.0 Å². The Balaban J connectivity index is 1.79. The van der Waals surface area contributed by atoms with E-state index in [9.17, 15) is 14.0 Å². The van der Waals surface area contributed by atoms with Gasteiger partial charge >= 0.3 is 0 Å². The number of nitrogens with zero attached hydrogens (tertiary/aromatic N) is 2. The number of halogens is 1. The average molecular weight is 433 g/mol. The molecule has 0 spiro atoms. The van der Waals surface area contributed by atoms with Crippen LogP contribution in [-0.2, 0) is 16.0 Å². The van der Waals surface area contributed by atoms with Crippen molar-refractivity contribution in [1.82, 2.24) is 9.80 Å². The van der Waals surface area contributed by atoms with Gasteiger partial charge in [-0.15, -0.1) is 11.3 Å². The number of carbonyl (C=O) groups excluding carboxylic acids is 2. The van der Waals surface area contributed by atoms with Crippen molar-refractivity contribution in [1.29, 1.82) is 0 Å². The van der Waals surface area contributed by atoms with Crippen LogP contribution in [-0.4, -0.2) is 47.4 Å². The lowest BCUT2D eigenvalue weighted by Gasteiger charge is -2.38. The minimum atomic E-state index is -0.361. The molecule has 30 heavy (non-hydrogen) atoms. The van der Waals surface area contributed by atoms with Crippen molar-refractivity contribution in [3.05, 3.63) is 52.0 Å². The molecular weight excluding hydrogens is 403 g/mol. The van der Waals surface area contributed by atoms with Crippen molar-refractivity contribution >= 4 is 23.2 Å². The summed E-state index contributed by atoms with van der Waals surface area (Å²) < 4.78 is 19.4. The van der Waals surface area contributed by atoms with E-state index in [0.29, 0.717) is 12.3 Å². The number of benzene rings is 1. The highest BCUT2D eigenvalue weighted by Gasteiger charge is 2.34. The monoisotopic (exact) mass is 432 g/mol. The normalized spacial score (nSPS) is 16.0. The van der Waals surface area contributed by atoms with E-state index in [1.165, 1.54) is 17.0 Å². The Morgan fingerprint density at radius 1 is 1.27 bits per heavy atom. The molecule has 1 unspecified atom stereocenters. The topological polar surface area (TPSA) is 49.9 Å². The molecule has 0 radical (unpaired) electrons. The quantitative estimate of drug-likeness (QED) is 0.656. The molecule has 0 fully saturated rings. The summed E-state index contributed by atoms with van der Waals surface area (Å²) in [5.41, 5.74) is 1.07. The van der Waals surface area contributed by atoms with Crippen LogP contribution in [0.15, 0.2) is 35.7 Å². The SMILES string of the molecule is CC(C)C(=O)N(CC(=O)N1CCc2sccc2C1COc1cccc(F)c1)C(C)C. The first-order chi connectivity index (χ1) is 14.3. The zero-order chi connectivity index (χ0) is 21.8. The van der Waals surface area contributed by atoms with Crippen LogP contribution in [0, 0.1) is 11.7 Å². The van der Waals surface area contributed by atoms with Crippen LogP contribution in [0.4, 0.5) is 4.39 Å². The van der Waals surface area contributed by atoms with Gasteiger partial charge in [0.15, 0.2) is 0 Å². The van der Waals surface area contributed by atoms with Crippen molar-refractivity contribution in [2.45, 2.75) is 46.2 Å². The van der Waals surface area contributed by atoms with Gasteiger partial charge in [0.2, 0.25) is 11.8 Å². The summed E-state index contributed by atoms with van der Waals surface area (Å²) in [5.74, 6) is -0.220. The van der Waals surface area contributed by atoms with Gasteiger partial charge in [0.25, 0.3) is 0 Å². The van der Waals surface area contributed by atoms with Crippen LogP contribution in [0.1, 0.15) is 44.2 Å². The highest BCUT2D eigenvalue weighted by Crippen LogP contribution is 2.34. The summed E-state index contributed by atoms with van der Waals surface area (Å²) in [7, 11) is 0. The van der Waals surface area contributed by atoms with Crippen molar-refractivity contribution in [2.75, 3.05) is 19.7 Å². The Hall–Kier alpha value is -2.41. The molecule has 2 amide bonds. The minimum absolute atomic E-state index is 0.0286. The maximum Gasteiger partial charge on any atom is 0.242 e. The molecule has 0 saturated carbocycles. The molecule has 1 aromatic carbocycles. The molecule has 1 aromatic heterocycles. The predicted octanol–water partition coefficient (Wildman–Crippen LogP) is 4.29. The fraction of sp³-hybridized carbons (Fsp3) is 0.478. The van der Waals surface area contributed by atoms with Crippen LogP contribution in [0.2, 0.25) is 0 Å². The van der Waals surface area contributed by atoms with Gasteiger partial charge in [-0.2, -0.15) is 0 Å². The van der Waals surface area contributed by atoms with E-state index >= 15 is 0 Å². The summed E-state index contributed by atoms with van der Waals surface area (Å²) in [4.78, 5) is 30.5. The largest absolute Gasteiger partial charge is 0.491 e. The van der Waals surface area contributed by atoms with Crippen molar-refractivity contribution < 1.29 is 18.7 Å². The van der Waals surface area contributed by atoms with E-state index in [1.54, 1.807) is 33.3 Å². The molecule has 1 aliphatic heterocycles. The van der Waals surface area contributed by atoms with Gasteiger partial charge in [0, 0.05) is 29.4 Å². The van der Waals surface area contributed by atoms with Crippen molar-refractivity contribution in [3.8, 4) is 5.75 Å². The highest BCUT2D eigenvalue weighted by atomic mass is 32.1. The molecule has 2 heterocycles. The first kappa shape index (κ1) is 22.3. The zero-order valence-electron chi connectivity index (χ0n) is 17.9. The number of fused-ring (bicyclic) bond motifs is 1. The third kappa shape index (κ3) is 5.01. The molecule has 0 N–H and O–H groups in total. The fourth-order valence-corrected chi connectivity index (χ4v) is 4.62. The molecule has 0 aliphatic carbocycles. The summed E-state index contributed by atoms with van der Waals surface area (Å²) in [5, 5.41) is 2.02. The Morgan fingerprint density at radius 2 is 2.03 bits per heavy atom. The lowest BCUT2D eigenvalue weighted by atomic mass is 10.00. The van der Waals surface area contributed by atoms with Gasteiger partial charge in [-0.05, 0) is 49.4 Å². The number of ether oxygens (including phenoxy) is 1. The van der Waals surface area contributed by atoms with Gasteiger partial charge in [-0.3, -0.25) is 9.59 Å². The predicted molar refractivity (Wildman–Crippen MR) is 116 cm³/mol. The molecule has 1 atom stereocenters. The third-order valence-electron chi connectivity index (χ3n) is 5.33. The smallest absolute Gasteiger partial charge is 0.242 e. The Labute approximate surface area is 181 Å². The Bertz CT molecular complexity index is 896. The second-order valence-corrected chi connectivity index (χ2v) is 9.14. The van der Waals surface area contributed by atoms with E-state index < -0.39 is 0 Å². The van der Waals surface area contributed by atoms with Crippen LogP contribution < -0.4 is 4.74 Å². The van der Waals surface area contributed by atoms with E-state index in [-0.39, 0.29) is 48.8 Å². The summed E-state index contributed by atoms with van der Waals surface area (Å²) >= 11 is 1.68. The second-order valence-electron chi connectivity index (χ2n) is 8.14. The van der Waals surface area contributed by atoms with Crippen molar-refractivity contribution in [2.24, 2.45) is 5.92 Å². The summed E-state index contributed by atoms with van der Waals surface area (Å²) in [6, 6.07) is 7.71. The van der Waals surface area contributed by atoms with Crippen LogP contribution in [0.25, 0.3) is 0 Å². The molecule has 2 aromatic rings. The molecule has 162 valence electrons. The maximum atomic E-state index is 13.5. The fourth-order valence-electron chi connectivity index (χ4n) is 3.69. The third-order valence-corrected chi connectivity index (χ3v) is 6.32. The van der Waals surface area contributed by atoms with Crippen LogP contribution in [0.3, 0.4) is 0 Å². The summed E-state index contributed by atoms with van der Waals surface area (Å²) in [6.07, 6.45) is 0.787. The van der Waals surface area contributed by atoms with Gasteiger partial charge in [-0.1, -0.05) is 19.9 Å². The zero-order valence-corrected chi connectivity index (χ0v) is 18.7. The number of hydrogen-bond acceptors (Lipinski definition) is 4. The van der Waals surface area contributed by atoms with Gasteiger partial charge in [0.05, 0.1) is 6.04 Å². The number of carbonyl (C=O) groups is 2. The maximum absolute atomic E-state index is 13.5. The molecule has 1 aliphatic rings. The van der Waals surface area contributed by atoms with Crippen LogP contribution in [0.5, 0.6) is 5.75 Å². The first-order valence-corrected chi connectivity index (χ1v) is 11.2. The number of rotatable bonds is 7. The number of hydrogen-bond donors (Lipinski definition) is 0. The molecule has 5 nitrogen and oxygen atoms in total. The Morgan fingerprint density at radius 3 is 2.70 bits per heavy atom. The van der Waals surface area contributed by atoms with Crippen LogP contribution >= 0.6 is 11.3 Å². The second kappa shape index (κ2) is 9.60. The molecule has 0 bridgehead atoms. The molecule has 3 rings (SSSR count). The lowest BCUT2D eigenvalue weighted by Crippen LogP contribution is -2.50. The van der Waals surface area contributed by atoms with E-state index in [2.05, 4.69) is 0 Å². The number of thiophene rings is 1. The lowest BCUT2D eigenvalue weighted by molar-refractivity contribution is -0.145. The van der Waals surface area contributed by atoms with E-state index in [1.807, 2.05) is 39.1 Å². The summed E-state index contributed by atoms with van der Waals surface area (Å²) in [6.45, 7) is 8.39. The van der Waals surface area contributed by atoms with Gasteiger partial charge in [0.1, 0.15) is 24.7 Å². The molecule has 0 saturated heterocycles. The average Bonchev–Trinajstić information content (AvgIpc) is 3.18. The highest BCUT2D eigenvalue weighted by molar-refractivity contribution is 7.10. The minimum Gasteiger partial charge on any atom is -0.491 e. The Kier molecular flexibility index (Phi) is 7.13.